The highest BCUT2D eigenvalue weighted by atomic mass is 16.5. The molecule has 2 atom stereocenters. The van der Waals surface area contributed by atoms with E-state index < -0.39 is 17.5 Å². The van der Waals surface area contributed by atoms with E-state index in [2.05, 4.69) is 5.32 Å². The van der Waals surface area contributed by atoms with Crippen molar-refractivity contribution in [1.82, 2.24) is 5.32 Å². The van der Waals surface area contributed by atoms with Crippen LogP contribution in [0.2, 0.25) is 0 Å². The van der Waals surface area contributed by atoms with E-state index in [1.807, 2.05) is 6.92 Å². The number of hydrogen-bond donors (Lipinski definition) is 2. The molecular formula is C13H19NO4. The van der Waals surface area contributed by atoms with Gasteiger partial charge in [-0.25, -0.2) is 9.59 Å². The number of carbonyl (C=O) groups is 2. The molecule has 0 aromatic carbocycles. The summed E-state index contributed by atoms with van der Waals surface area (Å²) >= 11 is 0. The van der Waals surface area contributed by atoms with E-state index in [1.165, 1.54) is 0 Å². The van der Waals surface area contributed by atoms with Crippen LogP contribution < -0.4 is 5.32 Å². The van der Waals surface area contributed by atoms with Crippen LogP contribution in [0, 0.1) is 0 Å². The first kappa shape index (κ1) is 13.1. The molecule has 2 rings (SSSR count). The highest BCUT2D eigenvalue weighted by Gasteiger charge is 2.53. The lowest BCUT2D eigenvalue weighted by Gasteiger charge is -2.31. The van der Waals surface area contributed by atoms with Crippen LogP contribution >= 0.6 is 0 Å². The molecule has 2 N–H and O–H groups in total. The Bertz CT molecular complexity index is 390. The van der Waals surface area contributed by atoms with Crippen LogP contribution in [-0.2, 0) is 14.3 Å². The molecule has 100 valence electrons. The quantitative estimate of drug-likeness (QED) is 0.569. The fourth-order valence-electron chi connectivity index (χ4n) is 2.68. The van der Waals surface area contributed by atoms with Gasteiger partial charge in [-0.3, -0.25) is 5.32 Å². The summed E-state index contributed by atoms with van der Waals surface area (Å²) in [7, 11) is 0. The standard InChI is InChI=1S/C13H19NO4/c1-2-3-8-18-12(17)13-7-6-9(14-13)4-5-10(13)11(15)16/h5,9,14H,2-4,6-8H2,1H3,(H,15,16). The van der Waals surface area contributed by atoms with Gasteiger partial charge in [0.2, 0.25) is 0 Å². The first-order valence-corrected chi connectivity index (χ1v) is 6.49. The topological polar surface area (TPSA) is 75.6 Å². The summed E-state index contributed by atoms with van der Waals surface area (Å²) in [5.74, 6) is -1.47. The van der Waals surface area contributed by atoms with Crippen molar-refractivity contribution >= 4 is 11.9 Å². The normalized spacial score (nSPS) is 29.8. The van der Waals surface area contributed by atoms with Gasteiger partial charge in [0.1, 0.15) is 5.54 Å². The second-order valence-electron chi connectivity index (χ2n) is 4.93. The van der Waals surface area contributed by atoms with Gasteiger partial charge in [-0.05, 0) is 25.7 Å². The Balaban J connectivity index is 2.15. The van der Waals surface area contributed by atoms with Crippen LogP contribution in [0.5, 0.6) is 0 Å². The molecule has 2 heterocycles. The Morgan fingerprint density at radius 1 is 1.61 bits per heavy atom. The molecular weight excluding hydrogens is 234 g/mol. The molecule has 2 unspecified atom stereocenters. The molecule has 1 saturated heterocycles. The third-order valence-corrected chi connectivity index (χ3v) is 3.69. The van der Waals surface area contributed by atoms with Crippen LogP contribution in [0.25, 0.3) is 0 Å². The number of unbranched alkanes of at least 4 members (excludes halogenated alkanes) is 1. The average molecular weight is 253 g/mol. The zero-order valence-electron chi connectivity index (χ0n) is 10.6. The zero-order chi connectivity index (χ0) is 13.2. The van der Waals surface area contributed by atoms with Gasteiger partial charge < -0.3 is 9.84 Å². The van der Waals surface area contributed by atoms with Crippen LogP contribution in [-0.4, -0.2) is 35.2 Å². The molecule has 5 heteroatoms. The number of carboxylic acids is 1. The predicted octanol–water partition coefficient (Wildman–Crippen LogP) is 1.24. The van der Waals surface area contributed by atoms with Crippen molar-refractivity contribution in [2.75, 3.05) is 6.61 Å². The van der Waals surface area contributed by atoms with Crippen molar-refractivity contribution in [1.29, 1.82) is 0 Å². The van der Waals surface area contributed by atoms with Gasteiger partial charge in [-0.15, -0.1) is 0 Å². The minimum absolute atomic E-state index is 0.151. The van der Waals surface area contributed by atoms with Gasteiger partial charge in [0.15, 0.2) is 0 Å². The number of esters is 1. The summed E-state index contributed by atoms with van der Waals surface area (Å²) in [5, 5.41) is 12.4. The molecule has 2 aliphatic heterocycles. The molecule has 0 spiro atoms. The summed E-state index contributed by atoms with van der Waals surface area (Å²) in [4.78, 5) is 23.4. The number of hydrogen-bond acceptors (Lipinski definition) is 4. The van der Waals surface area contributed by atoms with Crippen LogP contribution in [0.1, 0.15) is 39.0 Å². The van der Waals surface area contributed by atoms with Gasteiger partial charge in [-0.1, -0.05) is 19.4 Å². The van der Waals surface area contributed by atoms with E-state index in [4.69, 9.17) is 4.74 Å². The van der Waals surface area contributed by atoms with Gasteiger partial charge in [-0.2, -0.15) is 0 Å². The maximum absolute atomic E-state index is 12.2. The maximum atomic E-state index is 12.2. The predicted molar refractivity (Wildman–Crippen MR) is 65.1 cm³/mol. The fourth-order valence-corrected chi connectivity index (χ4v) is 2.68. The van der Waals surface area contributed by atoms with Crippen molar-refractivity contribution in [2.45, 2.75) is 50.6 Å². The van der Waals surface area contributed by atoms with Crippen molar-refractivity contribution in [3.63, 3.8) is 0 Å². The molecule has 0 saturated carbocycles. The second kappa shape index (κ2) is 5.10. The highest BCUT2D eigenvalue weighted by Crippen LogP contribution is 2.37. The lowest BCUT2D eigenvalue weighted by Crippen LogP contribution is -2.55. The molecule has 5 nitrogen and oxygen atoms in total. The Morgan fingerprint density at radius 2 is 2.39 bits per heavy atom. The number of aliphatic carboxylic acids is 1. The Labute approximate surface area is 106 Å². The highest BCUT2D eigenvalue weighted by molar-refractivity contribution is 6.00. The number of carboxylic acid groups (broad SMARTS) is 1. The van der Waals surface area contributed by atoms with Crippen molar-refractivity contribution < 1.29 is 19.4 Å². The molecule has 0 aromatic heterocycles. The summed E-state index contributed by atoms with van der Waals surface area (Å²) in [5.41, 5.74) is -0.958. The Hall–Kier alpha value is -1.36. The minimum Gasteiger partial charge on any atom is -0.478 e. The molecule has 18 heavy (non-hydrogen) atoms. The number of ether oxygens (including phenoxy) is 1. The number of rotatable bonds is 5. The first-order valence-electron chi connectivity index (χ1n) is 6.49. The van der Waals surface area contributed by atoms with Crippen molar-refractivity contribution in [3.05, 3.63) is 11.6 Å². The van der Waals surface area contributed by atoms with E-state index in [9.17, 15) is 14.7 Å². The molecule has 1 fully saturated rings. The van der Waals surface area contributed by atoms with Crippen LogP contribution in [0.15, 0.2) is 11.6 Å². The summed E-state index contributed by atoms with van der Waals surface area (Å²) < 4.78 is 5.22. The number of fused-ring (bicyclic) bond motifs is 2. The van der Waals surface area contributed by atoms with E-state index in [0.29, 0.717) is 19.4 Å². The zero-order valence-corrected chi connectivity index (χ0v) is 10.6. The van der Waals surface area contributed by atoms with Gasteiger partial charge in [0.25, 0.3) is 0 Å². The van der Waals surface area contributed by atoms with E-state index >= 15 is 0 Å². The SMILES string of the molecule is CCCCOC(=O)C12CCC(CC=C1C(=O)O)N2. The largest absolute Gasteiger partial charge is 0.478 e. The number of carbonyl (C=O) groups excluding carboxylic acids is 1. The third kappa shape index (κ3) is 2.14. The van der Waals surface area contributed by atoms with E-state index in [-0.39, 0.29) is 11.6 Å². The van der Waals surface area contributed by atoms with E-state index in [1.54, 1.807) is 6.08 Å². The second-order valence-corrected chi connectivity index (χ2v) is 4.93. The molecule has 0 amide bonds. The molecule has 2 aliphatic rings. The first-order chi connectivity index (χ1) is 8.60. The third-order valence-electron chi connectivity index (χ3n) is 3.69. The van der Waals surface area contributed by atoms with Crippen LogP contribution in [0.3, 0.4) is 0 Å². The molecule has 0 aliphatic carbocycles. The summed E-state index contributed by atoms with van der Waals surface area (Å²) in [6.07, 6.45) is 5.41. The Morgan fingerprint density at radius 3 is 3.06 bits per heavy atom. The van der Waals surface area contributed by atoms with Gasteiger partial charge in [0, 0.05) is 6.04 Å². The maximum Gasteiger partial charge on any atom is 0.333 e. The van der Waals surface area contributed by atoms with Gasteiger partial charge in [0.05, 0.1) is 12.2 Å². The molecule has 0 aromatic rings. The molecule has 2 bridgehead atoms. The molecule has 0 radical (unpaired) electrons. The monoisotopic (exact) mass is 253 g/mol. The van der Waals surface area contributed by atoms with Crippen molar-refractivity contribution in [2.24, 2.45) is 0 Å². The summed E-state index contributed by atoms with van der Waals surface area (Å²) in [6.45, 7) is 2.37. The van der Waals surface area contributed by atoms with E-state index in [0.717, 1.165) is 19.3 Å². The lowest BCUT2D eigenvalue weighted by molar-refractivity contribution is -0.152. The minimum atomic E-state index is -1.11. The average Bonchev–Trinajstić information content (AvgIpc) is 2.68. The Kier molecular flexibility index (Phi) is 3.71. The van der Waals surface area contributed by atoms with Crippen molar-refractivity contribution in [3.8, 4) is 0 Å². The lowest BCUT2D eigenvalue weighted by atomic mass is 9.87. The number of nitrogens with one attached hydrogen (secondary N) is 1. The smallest absolute Gasteiger partial charge is 0.333 e. The fraction of sp³-hybridized carbons (Fsp3) is 0.692. The van der Waals surface area contributed by atoms with Gasteiger partial charge >= 0.3 is 11.9 Å². The van der Waals surface area contributed by atoms with Crippen LogP contribution in [0.4, 0.5) is 0 Å². The summed E-state index contributed by atoms with van der Waals surface area (Å²) in [6, 6.07) is 0.201.